The van der Waals surface area contributed by atoms with E-state index in [-0.39, 0.29) is 6.04 Å². The average molecular weight is 323 g/mol. The van der Waals surface area contributed by atoms with E-state index < -0.39 is 16.2 Å². The SMILES string of the molecule is C=CCN(CC=C)[C@@H](C[C@H](C)OS(C)(=O)=O)c1ccccc1. The van der Waals surface area contributed by atoms with Crippen molar-refractivity contribution in [1.82, 2.24) is 4.90 Å². The summed E-state index contributed by atoms with van der Waals surface area (Å²) in [5.41, 5.74) is 1.12. The fourth-order valence-electron chi connectivity index (χ4n) is 2.48. The molecule has 2 atom stereocenters. The lowest BCUT2D eigenvalue weighted by Gasteiger charge is -2.32. The van der Waals surface area contributed by atoms with Gasteiger partial charge in [0.1, 0.15) is 0 Å². The van der Waals surface area contributed by atoms with Crippen molar-refractivity contribution in [1.29, 1.82) is 0 Å². The van der Waals surface area contributed by atoms with E-state index in [2.05, 4.69) is 18.1 Å². The number of nitrogens with zero attached hydrogens (tertiary/aromatic N) is 1. The Balaban J connectivity index is 3.00. The minimum atomic E-state index is -3.46. The molecule has 0 aromatic heterocycles. The topological polar surface area (TPSA) is 46.6 Å². The van der Waals surface area contributed by atoms with E-state index >= 15 is 0 Å². The van der Waals surface area contributed by atoms with E-state index in [1.165, 1.54) is 0 Å². The summed E-state index contributed by atoms with van der Waals surface area (Å²) in [6, 6.07) is 10.0. The Morgan fingerprint density at radius 3 is 2.18 bits per heavy atom. The third-order valence-electron chi connectivity index (χ3n) is 3.25. The average Bonchev–Trinajstić information content (AvgIpc) is 2.44. The van der Waals surface area contributed by atoms with E-state index in [9.17, 15) is 8.42 Å². The van der Waals surface area contributed by atoms with Crippen LogP contribution in [0.1, 0.15) is 24.9 Å². The number of benzene rings is 1. The fraction of sp³-hybridized carbons (Fsp3) is 0.412. The summed E-state index contributed by atoms with van der Waals surface area (Å²) in [6.45, 7) is 10.7. The maximum absolute atomic E-state index is 11.3. The van der Waals surface area contributed by atoms with E-state index in [1.54, 1.807) is 6.92 Å². The number of hydrogen-bond acceptors (Lipinski definition) is 4. The minimum Gasteiger partial charge on any atom is -0.289 e. The molecule has 0 saturated heterocycles. The van der Waals surface area contributed by atoms with Crippen LogP contribution in [0.2, 0.25) is 0 Å². The van der Waals surface area contributed by atoms with Gasteiger partial charge in [-0.25, -0.2) is 0 Å². The molecule has 0 bridgehead atoms. The summed E-state index contributed by atoms with van der Waals surface area (Å²) >= 11 is 0. The third kappa shape index (κ3) is 6.56. The van der Waals surface area contributed by atoms with Crippen molar-refractivity contribution in [2.45, 2.75) is 25.5 Å². The van der Waals surface area contributed by atoms with Crippen molar-refractivity contribution in [2.75, 3.05) is 19.3 Å². The van der Waals surface area contributed by atoms with E-state index in [4.69, 9.17) is 4.18 Å². The van der Waals surface area contributed by atoms with Crippen LogP contribution in [0.4, 0.5) is 0 Å². The first-order chi connectivity index (χ1) is 10.4. The van der Waals surface area contributed by atoms with Gasteiger partial charge in [-0.2, -0.15) is 8.42 Å². The van der Waals surface area contributed by atoms with E-state index in [0.29, 0.717) is 19.5 Å². The molecule has 1 aromatic carbocycles. The molecular formula is C17H25NO3S. The summed E-state index contributed by atoms with van der Waals surface area (Å²) in [5.74, 6) is 0. The standard InChI is InChI=1S/C17H25NO3S/c1-5-12-18(13-6-2)17(16-10-8-7-9-11-16)14-15(3)21-22(4,19)20/h5-11,15,17H,1-2,12-14H2,3-4H3/t15-,17-/m0/s1. The lowest BCUT2D eigenvalue weighted by Crippen LogP contribution is -2.32. The Morgan fingerprint density at radius 2 is 1.73 bits per heavy atom. The van der Waals surface area contributed by atoms with Crippen LogP contribution in [0.5, 0.6) is 0 Å². The van der Waals surface area contributed by atoms with Gasteiger partial charge < -0.3 is 0 Å². The zero-order chi connectivity index (χ0) is 16.6. The van der Waals surface area contributed by atoms with Gasteiger partial charge in [0, 0.05) is 19.1 Å². The maximum Gasteiger partial charge on any atom is 0.264 e. The van der Waals surface area contributed by atoms with Crippen molar-refractivity contribution in [2.24, 2.45) is 0 Å². The van der Waals surface area contributed by atoms with Crippen LogP contribution in [-0.4, -0.2) is 38.8 Å². The smallest absolute Gasteiger partial charge is 0.264 e. The highest BCUT2D eigenvalue weighted by Crippen LogP contribution is 2.27. The van der Waals surface area contributed by atoms with E-state index in [1.807, 2.05) is 42.5 Å². The van der Waals surface area contributed by atoms with Crippen molar-refractivity contribution in [3.8, 4) is 0 Å². The van der Waals surface area contributed by atoms with Crippen LogP contribution < -0.4 is 0 Å². The molecule has 0 saturated carbocycles. The number of rotatable bonds is 10. The van der Waals surface area contributed by atoms with E-state index in [0.717, 1.165) is 11.8 Å². The molecule has 1 rings (SSSR count). The Kier molecular flexibility index (Phi) is 7.51. The van der Waals surface area contributed by atoms with Crippen molar-refractivity contribution < 1.29 is 12.6 Å². The maximum atomic E-state index is 11.3. The van der Waals surface area contributed by atoms with Crippen LogP contribution in [0.25, 0.3) is 0 Å². The van der Waals surface area contributed by atoms with Crippen molar-refractivity contribution >= 4 is 10.1 Å². The lowest BCUT2D eigenvalue weighted by atomic mass is 9.99. The Hall–Kier alpha value is -1.43. The fourth-order valence-corrected chi connectivity index (χ4v) is 3.16. The molecule has 0 aliphatic carbocycles. The minimum absolute atomic E-state index is 0.0361. The molecular weight excluding hydrogens is 298 g/mol. The zero-order valence-electron chi connectivity index (χ0n) is 13.3. The quantitative estimate of drug-likeness (QED) is 0.490. The molecule has 122 valence electrons. The molecule has 0 N–H and O–H groups in total. The van der Waals surface area contributed by atoms with Gasteiger partial charge in [0.2, 0.25) is 0 Å². The second-order valence-corrected chi connectivity index (χ2v) is 6.91. The second kappa shape index (κ2) is 8.88. The highest BCUT2D eigenvalue weighted by Gasteiger charge is 2.23. The third-order valence-corrected chi connectivity index (χ3v) is 3.92. The molecule has 0 spiro atoms. The summed E-state index contributed by atoms with van der Waals surface area (Å²) in [7, 11) is -3.46. The van der Waals surface area contributed by atoms with Gasteiger partial charge >= 0.3 is 0 Å². The van der Waals surface area contributed by atoms with Gasteiger partial charge in [0.05, 0.1) is 12.4 Å². The summed E-state index contributed by atoms with van der Waals surface area (Å²) in [5, 5.41) is 0. The van der Waals surface area contributed by atoms with Gasteiger partial charge in [-0.05, 0) is 18.9 Å². The van der Waals surface area contributed by atoms with Crippen LogP contribution in [0.15, 0.2) is 55.6 Å². The van der Waals surface area contributed by atoms with Crippen LogP contribution >= 0.6 is 0 Å². The number of hydrogen-bond donors (Lipinski definition) is 0. The van der Waals surface area contributed by atoms with Crippen molar-refractivity contribution in [3.05, 3.63) is 61.2 Å². The molecule has 0 radical (unpaired) electrons. The molecule has 0 heterocycles. The monoisotopic (exact) mass is 323 g/mol. The first-order valence-electron chi connectivity index (χ1n) is 7.26. The Morgan fingerprint density at radius 1 is 1.18 bits per heavy atom. The predicted molar refractivity (Wildman–Crippen MR) is 91.2 cm³/mol. The van der Waals surface area contributed by atoms with Crippen LogP contribution in [0.3, 0.4) is 0 Å². The van der Waals surface area contributed by atoms with Gasteiger partial charge in [-0.3, -0.25) is 9.08 Å². The molecule has 0 amide bonds. The first kappa shape index (κ1) is 18.6. The molecule has 0 unspecified atom stereocenters. The molecule has 0 aliphatic rings. The Labute approximate surface area is 134 Å². The molecule has 0 aliphatic heterocycles. The predicted octanol–water partition coefficient (Wildman–Crippen LogP) is 3.16. The van der Waals surface area contributed by atoms with Crippen molar-refractivity contribution in [3.63, 3.8) is 0 Å². The second-order valence-electron chi connectivity index (χ2n) is 5.30. The molecule has 1 aromatic rings. The lowest BCUT2D eigenvalue weighted by molar-refractivity contribution is 0.148. The Bertz CT molecular complexity index is 559. The normalized spacial score (nSPS) is 14.5. The summed E-state index contributed by atoms with van der Waals surface area (Å²) in [4.78, 5) is 2.19. The highest BCUT2D eigenvalue weighted by atomic mass is 32.2. The first-order valence-corrected chi connectivity index (χ1v) is 9.08. The van der Waals surface area contributed by atoms with Crippen LogP contribution in [0, 0.1) is 0 Å². The molecule has 0 fully saturated rings. The molecule has 22 heavy (non-hydrogen) atoms. The largest absolute Gasteiger partial charge is 0.289 e. The van der Waals surface area contributed by atoms with Crippen LogP contribution in [-0.2, 0) is 14.3 Å². The van der Waals surface area contributed by atoms with Gasteiger partial charge in [0.25, 0.3) is 10.1 Å². The molecule has 4 nitrogen and oxygen atoms in total. The van der Waals surface area contributed by atoms with Gasteiger partial charge in [-0.1, -0.05) is 42.5 Å². The zero-order valence-corrected chi connectivity index (χ0v) is 14.1. The molecule has 5 heteroatoms. The summed E-state index contributed by atoms with van der Waals surface area (Å²) < 4.78 is 27.7. The summed E-state index contributed by atoms with van der Waals surface area (Å²) in [6.07, 6.45) is 4.91. The van der Waals surface area contributed by atoms with Gasteiger partial charge in [0.15, 0.2) is 0 Å². The highest BCUT2D eigenvalue weighted by molar-refractivity contribution is 7.86. The van der Waals surface area contributed by atoms with Gasteiger partial charge in [-0.15, -0.1) is 13.2 Å².